The van der Waals surface area contributed by atoms with Crippen molar-refractivity contribution in [2.45, 2.75) is 45.8 Å². The summed E-state index contributed by atoms with van der Waals surface area (Å²) >= 11 is 0. The van der Waals surface area contributed by atoms with Gasteiger partial charge in [-0.15, -0.1) is 0 Å². The number of ether oxygens (including phenoxy) is 3. The maximum atomic E-state index is 13.0. The van der Waals surface area contributed by atoms with Gasteiger partial charge in [0.15, 0.2) is 5.75 Å². The van der Waals surface area contributed by atoms with Crippen molar-refractivity contribution in [3.8, 4) is 17.2 Å². The average Bonchev–Trinajstić information content (AvgIpc) is 2.88. The van der Waals surface area contributed by atoms with Gasteiger partial charge in [0.2, 0.25) is 5.75 Å². The summed E-state index contributed by atoms with van der Waals surface area (Å²) in [4.78, 5) is 15.9. The second-order valence-electron chi connectivity index (χ2n) is 8.28. The van der Waals surface area contributed by atoms with Crippen molar-refractivity contribution in [1.82, 2.24) is 4.98 Å². The second-order valence-corrected chi connectivity index (χ2v) is 8.28. The van der Waals surface area contributed by atoms with Crippen LogP contribution in [0.1, 0.15) is 43.7 Å². The van der Waals surface area contributed by atoms with Crippen molar-refractivity contribution in [3.05, 3.63) is 100 Å². The van der Waals surface area contributed by atoms with Crippen molar-refractivity contribution in [3.63, 3.8) is 0 Å². The van der Waals surface area contributed by atoms with Gasteiger partial charge < -0.3 is 19.2 Å². The SMILES string of the molecule is CCCCCCOc1c(OCc2ccccc2)c2ccc(OCc3ccccc3)cc2[nH]c1=O. The number of unbranched alkanes of at least 4 members (excludes halogenated alkanes) is 3. The number of H-pyrrole nitrogens is 1. The standard InChI is InChI=1S/C29H31NO4/c1-2-3-4-11-18-32-28-27(34-21-23-14-9-6-10-15-23)25-17-16-24(19-26(25)30-29(28)31)33-20-22-12-7-5-8-13-22/h5-10,12-17,19H,2-4,11,18,20-21H2,1H3,(H,30,31). The summed E-state index contributed by atoms with van der Waals surface area (Å²) in [6, 6.07) is 25.5. The first-order valence-corrected chi connectivity index (χ1v) is 11.9. The molecule has 0 saturated carbocycles. The number of hydrogen-bond acceptors (Lipinski definition) is 4. The maximum absolute atomic E-state index is 13.0. The third-order valence-electron chi connectivity index (χ3n) is 5.61. The van der Waals surface area contributed by atoms with Gasteiger partial charge in [-0.1, -0.05) is 86.8 Å². The summed E-state index contributed by atoms with van der Waals surface area (Å²) in [5.41, 5.74) is 2.45. The van der Waals surface area contributed by atoms with E-state index in [2.05, 4.69) is 11.9 Å². The Morgan fingerprint density at radius 3 is 2.06 bits per heavy atom. The summed E-state index contributed by atoms with van der Waals surface area (Å²) < 4.78 is 18.1. The van der Waals surface area contributed by atoms with E-state index in [-0.39, 0.29) is 11.3 Å². The van der Waals surface area contributed by atoms with E-state index in [1.165, 1.54) is 0 Å². The molecule has 0 fully saturated rings. The number of pyridine rings is 1. The van der Waals surface area contributed by atoms with Gasteiger partial charge in [0.05, 0.1) is 12.1 Å². The Morgan fingerprint density at radius 1 is 0.706 bits per heavy atom. The number of rotatable bonds is 12. The zero-order valence-electron chi connectivity index (χ0n) is 19.6. The molecule has 4 aromatic rings. The molecule has 0 aliphatic carbocycles. The van der Waals surface area contributed by atoms with E-state index >= 15 is 0 Å². The minimum Gasteiger partial charge on any atom is -0.489 e. The number of benzene rings is 3. The largest absolute Gasteiger partial charge is 0.489 e. The molecule has 5 heteroatoms. The van der Waals surface area contributed by atoms with E-state index in [0.717, 1.165) is 42.2 Å². The van der Waals surface area contributed by atoms with Crippen molar-refractivity contribution in [2.75, 3.05) is 6.61 Å². The number of nitrogens with one attached hydrogen (secondary N) is 1. The number of aromatic amines is 1. The highest BCUT2D eigenvalue weighted by Gasteiger charge is 2.17. The highest BCUT2D eigenvalue weighted by atomic mass is 16.5. The van der Waals surface area contributed by atoms with Crippen molar-refractivity contribution < 1.29 is 14.2 Å². The number of fused-ring (bicyclic) bond motifs is 1. The molecule has 0 bridgehead atoms. The molecule has 0 amide bonds. The van der Waals surface area contributed by atoms with E-state index in [0.29, 0.717) is 36.8 Å². The quantitative estimate of drug-likeness (QED) is 0.242. The van der Waals surface area contributed by atoms with Gasteiger partial charge in [-0.25, -0.2) is 0 Å². The summed E-state index contributed by atoms with van der Waals surface area (Å²) in [7, 11) is 0. The maximum Gasteiger partial charge on any atom is 0.294 e. The molecule has 1 heterocycles. The van der Waals surface area contributed by atoms with Crippen LogP contribution in [0.2, 0.25) is 0 Å². The van der Waals surface area contributed by atoms with Crippen LogP contribution in [0.5, 0.6) is 17.2 Å². The third kappa shape index (κ3) is 6.19. The van der Waals surface area contributed by atoms with Crippen LogP contribution >= 0.6 is 0 Å². The molecule has 34 heavy (non-hydrogen) atoms. The Hall–Kier alpha value is -3.73. The summed E-state index contributed by atoms with van der Waals surface area (Å²) in [5, 5.41) is 0.783. The van der Waals surface area contributed by atoms with Crippen LogP contribution in [-0.4, -0.2) is 11.6 Å². The molecule has 0 aliphatic heterocycles. The molecule has 0 saturated heterocycles. The Labute approximate surface area is 200 Å². The highest BCUT2D eigenvalue weighted by Crippen LogP contribution is 2.34. The molecular formula is C29H31NO4. The van der Waals surface area contributed by atoms with Gasteiger partial charge in [0.25, 0.3) is 5.56 Å². The van der Waals surface area contributed by atoms with Gasteiger partial charge in [0.1, 0.15) is 19.0 Å². The molecule has 176 valence electrons. The van der Waals surface area contributed by atoms with E-state index < -0.39 is 0 Å². The van der Waals surface area contributed by atoms with E-state index in [1.54, 1.807) is 0 Å². The lowest BCUT2D eigenvalue weighted by atomic mass is 10.1. The second kappa shape index (κ2) is 11.9. The van der Waals surface area contributed by atoms with Crippen molar-refractivity contribution >= 4 is 10.9 Å². The average molecular weight is 458 g/mol. The fourth-order valence-corrected chi connectivity index (χ4v) is 3.77. The van der Waals surface area contributed by atoms with Crippen LogP contribution in [0.25, 0.3) is 10.9 Å². The summed E-state index contributed by atoms with van der Waals surface area (Å²) in [6.45, 7) is 3.45. The van der Waals surface area contributed by atoms with E-state index in [9.17, 15) is 4.79 Å². The minimum absolute atomic E-state index is 0.234. The Balaban J connectivity index is 1.59. The van der Waals surface area contributed by atoms with E-state index in [4.69, 9.17) is 14.2 Å². The predicted molar refractivity (Wildman–Crippen MR) is 136 cm³/mol. The fourth-order valence-electron chi connectivity index (χ4n) is 3.77. The van der Waals surface area contributed by atoms with Crippen LogP contribution < -0.4 is 19.8 Å². The van der Waals surface area contributed by atoms with Crippen LogP contribution in [0.15, 0.2) is 83.7 Å². The lowest BCUT2D eigenvalue weighted by Crippen LogP contribution is -2.14. The molecule has 4 rings (SSSR count). The lowest BCUT2D eigenvalue weighted by Gasteiger charge is -2.15. The molecule has 1 aromatic heterocycles. The Morgan fingerprint density at radius 2 is 1.38 bits per heavy atom. The monoisotopic (exact) mass is 457 g/mol. The van der Waals surface area contributed by atoms with Gasteiger partial charge in [-0.05, 0) is 29.7 Å². The molecule has 0 radical (unpaired) electrons. The molecule has 0 aliphatic rings. The lowest BCUT2D eigenvalue weighted by molar-refractivity contribution is 0.257. The molecule has 0 unspecified atom stereocenters. The van der Waals surface area contributed by atoms with Crippen LogP contribution in [0.4, 0.5) is 0 Å². The van der Waals surface area contributed by atoms with E-state index in [1.807, 2.05) is 78.9 Å². The minimum atomic E-state index is -0.300. The molecule has 1 N–H and O–H groups in total. The van der Waals surface area contributed by atoms with Crippen molar-refractivity contribution in [2.24, 2.45) is 0 Å². The topological polar surface area (TPSA) is 60.6 Å². The predicted octanol–water partition coefficient (Wildman–Crippen LogP) is 6.65. The third-order valence-corrected chi connectivity index (χ3v) is 5.61. The van der Waals surface area contributed by atoms with Gasteiger partial charge in [-0.3, -0.25) is 4.79 Å². The normalized spacial score (nSPS) is 10.9. The Kier molecular flexibility index (Phi) is 8.22. The van der Waals surface area contributed by atoms with Crippen LogP contribution in [-0.2, 0) is 13.2 Å². The zero-order chi connectivity index (χ0) is 23.6. The molecule has 5 nitrogen and oxygen atoms in total. The molecule has 0 spiro atoms. The first-order valence-electron chi connectivity index (χ1n) is 11.9. The van der Waals surface area contributed by atoms with Gasteiger partial charge >= 0.3 is 0 Å². The summed E-state index contributed by atoms with van der Waals surface area (Å²) in [5.74, 6) is 1.37. The zero-order valence-corrected chi connectivity index (χ0v) is 19.6. The fraction of sp³-hybridized carbons (Fsp3) is 0.276. The molecule has 3 aromatic carbocycles. The van der Waals surface area contributed by atoms with Crippen LogP contribution in [0.3, 0.4) is 0 Å². The molecular weight excluding hydrogens is 426 g/mol. The smallest absolute Gasteiger partial charge is 0.294 e. The van der Waals surface area contributed by atoms with Gasteiger partial charge in [-0.2, -0.15) is 0 Å². The molecule has 0 atom stereocenters. The summed E-state index contributed by atoms with van der Waals surface area (Å²) in [6.07, 6.45) is 4.28. The highest BCUT2D eigenvalue weighted by molar-refractivity contribution is 5.88. The van der Waals surface area contributed by atoms with Crippen molar-refractivity contribution in [1.29, 1.82) is 0 Å². The van der Waals surface area contributed by atoms with Crippen LogP contribution in [0, 0.1) is 0 Å². The number of aromatic nitrogens is 1. The van der Waals surface area contributed by atoms with Gasteiger partial charge in [0, 0.05) is 11.5 Å². The first kappa shape index (κ1) is 23.4. The number of hydrogen-bond donors (Lipinski definition) is 1. The Bertz CT molecular complexity index is 1240. The first-order chi connectivity index (χ1) is 16.7.